The van der Waals surface area contributed by atoms with Gasteiger partial charge in [0.05, 0.1) is 6.04 Å². The van der Waals surface area contributed by atoms with E-state index in [1.54, 1.807) is 19.2 Å². The van der Waals surface area contributed by atoms with Crippen LogP contribution in [0.5, 0.6) is 0 Å². The summed E-state index contributed by atoms with van der Waals surface area (Å²) in [7, 11) is 1.67. The number of amides is 2. The van der Waals surface area contributed by atoms with Crippen molar-refractivity contribution in [1.29, 1.82) is 0 Å². The van der Waals surface area contributed by atoms with Gasteiger partial charge >= 0.3 is 0 Å². The smallest absolute Gasteiger partial charge is 0.237 e. The van der Waals surface area contributed by atoms with Gasteiger partial charge in [0, 0.05) is 45.1 Å². The Kier molecular flexibility index (Phi) is 10.0. The van der Waals surface area contributed by atoms with Gasteiger partial charge in [-0.15, -0.1) is 0 Å². The molecule has 3 atom stereocenters. The van der Waals surface area contributed by atoms with Crippen LogP contribution >= 0.6 is 0 Å². The number of piperazine rings is 1. The molecule has 1 saturated heterocycles. The summed E-state index contributed by atoms with van der Waals surface area (Å²) in [5.74, 6) is -0.938. The molecule has 2 amide bonds. The highest BCUT2D eigenvalue weighted by molar-refractivity contribution is 5.87. The van der Waals surface area contributed by atoms with E-state index < -0.39 is 5.92 Å². The lowest BCUT2D eigenvalue weighted by molar-refractivity contribution is -0.144. The zero-order chi connectivity index (χ0) is 28.6. The Hall–Kier alpha value is -3.58. The van der Waals surface area contributed by atoms with Crippen LogP contribution in [0.1, 0.15) is 44.2 Å². The van der Waals surface area contributed by atoms with Gasteiger partial charge in [0.15, 0.2) is 0 Å². The highest BCUT2D eigenvalue weighted by Crippen LogP contribution is 2.25. The topological polar surface area (TPSA) is 69.7 Å². The molecule has 0 aromatic heterocycles. The van der Waals surface area contributed by atoms with Crippen molar-refractivity contribution >= 4 is 28.4 Å². The Morgan fingerprint density at radius 3 is 2.33 bits per heavy atom. The zero-order valence-corrected chi connectivity index (χ0v) is 23.7. The molecule has 4 rings (SSSR count). The van der Waals surface area contributed by atoms with Crippen molar-refractivity contribution in [2.24, 2.45) is 5.92 Å². The third-order valence-electron chi connectivity index (χ3n) is 7.93. The first-order valence-electron chi connectivity index (χ1n) is 14.3. The van der Waals surface area contributed by atoms with Crippen molar-refractivity contribution in [3.05, 3.63) is 83.7 Å². The molecule has 40 heavy (non-hydrogen) atoms. The van der Waals surface area contributed by atoms with Crippen molar-refractivity contribution < 1.29 is 18.8 Å². The van der Waals surface area contributed by atoms with Crippen LogP contribution in [0.2, 0.25) is 0 Å². The second-order valence-corrected chi connectivity index (χ2v) is 10.9. The molecule has 1 heterocycles. The van der Waals surface area contributed by atoms with Gasteiger partial charge in [-0.05, 0) is 60.2 Å². The molecular formula is C33H40FN3O3. The van der Waals surface area contributed by atoms with E-state index in [0.717, 1.165) is 29.4 Å². The second kappa shape index (κ2) is 13.7. The molecule has 1 fully saturated rings. The molecule has 1 aliphatic rings. The number of fused-ring (bicyclic) bond motifs is 1. The number of hydrogen-bond donors (Lipinski definition) is 1. The number of benzene rings is 3. The molecule has 0 aliphatic carbocycles. The van der Waals surface area contributed by atoms with Crippen LogP contribution in [0.15, 0.2) is 66.7 Å². The van der Waals surface area contributed by atoms with Gasteiger partial charge in [0.2, 0.25) is 11.8 Å². The highest BCUT2D eigenvalue weighted by Gasteiger charge is 2.37. The van der Waals surface area contributed by atoms with Crippen LogP contribution in [-0.2, 0) is 27.2 Å². The molecule has 0 spiro atoms. The summed E-state index contributed by atoms with van der Waals surface area (Å²) in [5.41, 5.74) is 1.93. The van der Waals surface area contributed by atoms with Crippen LogP contribution in [-0.4, -0.2) is 66.2 Å². The van der Waals surface area contributed by atoms with Gasteiger partial charge in [0.25, 0.3) is 0 Å². The van der Waals surface area contributed by atoms with E-state index >= 15 is 0 Å². The Morgan fingerprint density at radius 2 is 1.65 bits per heavy atom. The average molecular weight is 546 g/mol. The number of carbonyl (C=O) groups excluding carboxylic acids is 3. The average Bonchev–Trinajstić information content (AvgIpc) is 2.96. The number of nitrogens with zero attached hydrogens (tertiary/aromatic N) is 2. The quantitative estimate of drug-likeness (QED) is 0.376. The lowest BCUT2D eigenvalue weighted by atomic mass is 9.91. The third-order valence-corrected chi connectivity index (χ3v) is 7.93. The molecule has 0 radical (unpaired) electrons. The van der Waals surface area contributed by atoms with E-state index in [0.29, 0.717) is 32.5 Å². The molecule has 7 heteroatoms. The number of carbonyl (C=O) groups is 3. The first-order chi connectivity index (χ1) is 19.3. The predicted octanol–water partition coefficient (Wildman–Crippen LogP) is 4.79. The lowest BCUT2D eigenvalue weighted by Crippen LogP contribution is -2.61. The molecule has 212 valence electrons. The van der Waals surface area contributed by atoms with E-state index in [4.69, 9.17) is 0 Å². The minimum absolute atomic E-state index is 0.0334. The summed E-state index contributed by atoms with van der Waals surface area (Å²) in [6.45, 7) is 5.26. The van der Waals surface area contributed by atoms with E-state index in [1.165, 1.54) is 24.4 Å². The fourth-order valence-corrected chi connectivity index (χ4v) is 5.91. The van der Waals surface area contributed by atoms with Crippen LogP contribution in [0.3, 0.4) is 0 Å². The summed E-state index contributed by atoms with van der Waals surface area (Å²) < 4.78 is 13.4. The lowest BCUT2D eigenvalue weighted by Gasteiger charge is -2.45. The first kappa shape index (κ1) is 29.4. The maximum atomic E-state index is 13.9. The van der Waals surface area contributed by atoms with Crippen LogP contribution in [0.25, 0.3) is 10.8 Å². The fraction of sp³-hybridized carbons (Fsp3) is 0.424. The Labute approximate surface area is 236 Å². The maximum absolute atomic E-state index is 13.9. The van der Waals surface area contributed by atoms with Gasteiger partial charge in [-0.1, -0.05) is 67.9 Å². The molecule has 0 bridgehead atoms. The second-order valence-electron chi connectivity index (χ2n) is 10.9. The molecule has 6 nitrogen and oxygen atoms in total. The van der Waals surface area contributed by atoms with Gasteiger partial charge in [0.1, 0.15) is 11.6 Å². The van der Waals surface area contributed by atoms with Gasteiger partial charge in [-0.2, -0.15) is 0 Å². The highest BCUT2D eigenvalue weighted by atomic mass is 19.1. The standard InChI is InChI=1S/C33H40FN3O3/c1-4-7-30-22-36(31(32(39)35-3)21-25-10-13-26-8-5-6-9-27(26)20-25)16-17-37(30)33(40)28(18-23(2)38)19-24-11-14-29(34)15-12-24/h5-6,8-15,20,28,30-31H,4,7,16-19,21-22H2,1-3H3,(H,35,39). The molecule has 3 aromatic rings. The summed E-state index contributed by atoms with van der Waals surface area (Å²) in [4.78, 5) is 43.2. The number of halogens is 1. The monoisotopic (exact) mass is 545 g/mol. The predicted molar refractivity (Wildman–Crippen MR) is 156 cm³/mol. The summed E-state index contributed by atoms with van der Waals surface area (Å²) in [6.07, 6.45) is 2.82. The largest absolute Gasteiger partial charge is 0.358 e. The molecule has 0 saturated carbocycles. The molecule has 1 aliphatic heterocycles. The van der Waals surface area contributed by atoms with Gasteiger partial charge in [-0.3, -0.25) is 14.5 Å². The Balaban J connectivity index is 1.52. The minimum Gasteiger partial charge on any atom is -0.358 e. The summed E-state index contributed by atoms with van der Waals surface area (Å²) in [5, 5.41) is 5.16. The van der Waals surface area contributed by atoms with Crippen molar-refractivity contribution in [2.75, 3.05) is 26.7 Å². The van der Waals surface area contributed by atoms with Crippen molar-refractivity contribution in [1.82, 2.24) is 15.1 Å². The van der Waals surface area contributed by atoms with Gasteiger partial charge in [-0.25, -0.2) is 4.39 Å². The van der Waals surface area contributed by atoms with Crippen LogP contribution < -0.4 is 5.32 Å². The van der Waals surface area contributed by atoms with Crippen LogP contribution in [0, 0.1) is 11.7 Å². The SMILES string of the molecule is CCCC1CN(C(Cc2ccc3ccccc3c2)C(=O)NC)CCN1C(=O)C(CC(C)=O)Cc1ccc(F)cc1. The zero-order valence-electron chi connectivity index (χ0n) is 23.7. The van der Waals surface area contributed by atoms with Crippen molar-refractivity contribution in [3.8, 4) is 0 Å². The van der Waals surface area contributed by atoms with E-state index in [-0.39, 0.29) is 41.9 Å². The van der Waals surface area contributed by atoms with Crippen molar-refractivity contribution in [3.63, 3.8) is 0 Å². The summed E-state index contributed by atoms with van der Waals surface area (Å²) >= 11 is 0. The third kappa shape index (κ3) is 7.33. The normalized spacial score (nSPS) is 17.4. The van der Waals surface area contributed by atoms with Crippen molar-refractivity contribution in [2.45, 2.75) is 58.0 Å². The number of ketones is 1. The van der Waals surface area contributed by atoms with Gasteiger partial charge < -0.3 is 15.0 Å². The Bertz CT molecular complexity index is 1330. The summed E-state index contributed by atoms with van der Waals surface area (Å²) in [6, 6.07) is 20.2. The van der Waals surface area contributed by atoms with E-state index in [2.05, 4.69) is 47.5 Å². The molecule has 3 aromatic carbocycles. The fourth-order valence-electron chi connectivity index (χ4n) is 5.91. The number of rotatable bonds is 11. The Morgan fingerprint density at radius 1 is 0.950 bits per heavy atom. The van der Waals surface area contributed by atoms with E-state index in [1.807, 2.05) is 17.0 Å². The first-order valence-corrected chi connectivity index (χ1v) is 14.3. The van der Waals surface area contributed by atoms with Crippen LogP contribution in [0.4, 0.5) is 4.39 Å². The van der Waals surface area contributed by atoms with E-state index in [9.17, 15) is 18.8 Å². The molecule has 3 unspecified atom stereocenters. The number of Topliss-reactive ketones (excluding diaryl/α,β-unsaturated/α-hetero) is 1. The minimum atomic E-state index is -0.499. The number of nitrogens with one attached hydrogen (secondary N) is 1. The number of hydrogen-bond acceptors (Lipinski definition) is 4. The maximum Gasteiger partial charge on any atom is 0.237 e. The molecule has 1 N–H and O–H groups in total. The number of likely N-dealkylation sites (N-methyl/N-ethyl adjacent to an activating group) is 1. The molecular weight excluding hydrogens is 505 g/mol.